The van der Waals surface area contributed by atoms with Crippen LogP contribution in [0.5, 0.6) is 0 Å². The van der Waals surface area contributed by atoms with Crippen LogP contribution in [0.25, 0.3) is 5.82 Å². The molecular weight excluding hydrogens is 344 g/mol. The topological polar surface area (TPSA) is 86.1 Å². The van der Waals surface area contributed by atoms with Gasteiger partial charge in [0, 0.05) is 24.3 Å². The Morgan fingerprint density at radius 3 is 2.52 bits per heavy atom. The molecule has 0 atom stereocenters. The molecule has 2 heterocycles. The van der Waals surface area contributed by atoms with Crippen molar-refractivity contribution in [3.05, 3.63) is 72.4 Å². The average Bonchev–Trinajstić information content (AvgIpc) is 3.23. The summed E-state index contributed by atoms with van der Waals surface area (Å²) in [6, 6.07) is 10.0. The predicted molar refractivity (Wildman–Crippen MR) is 101 cm³/mol. The number of amides is 1. The van der Waals surface area contributed by atoms with Crippen LogP contribution < -0.4 is 5.32 Å². The number of hydrogen-bond acceptors (Lipinski definition) is 5. The van der Waals surface area contributed by atoms with E-state index in [4.69, 9.17) is 4.74 Å². The Labute approximate surface area is 157 Å². The van der Waals surface area contributed by atoms with E-state index >= 15 is 0 Å². The standard InChI is InChI=1S/C20H20N4O3/c1-2-3-12-27-20(26)15-4-7-17(8-5-15)23-19(25)16-6-9-18(22-13-16)24-11-10-21-14-24/h4-11,13-14H,2-3,12H2,1H3,(H,23,25). The largest absolute Gasteiger partial charge is 0.462 e. The molecule has 0 bridgehead atoms. The molecule has 0 aliphatic carbocycles. The number of carbonyl (C=O) groups excluding carboxylic acids is 2. The van der Waals surface area contributed by atoms with Gasteiger partial charge in [-0.3, -0.25) is 9.36 Å². The van der Waals surface area contributed by atoms with Crippen molar-refractivity contribution in [3.8, 4) is 5.82 Å². The fourth-order valence-electron chi connectivity index (χ4n) is 2.35. The fraction of sp³-hybridized carbons (Fsp3) is 0.200. The molecule has 0 spiro atoms. The maximum atomic E-state index is 12.3. The number of ether oxygens (including phenoxy) is 1. The molecule has 1 N–H and O–H groups in total. The molecule has 0 fully saturated rings. The first kappa shape index (κ1) is 18.3. The summed E-state index contributed by atoms with van der Waals surface area (Å²) in [4.78, 5) is 32.4. The molecule has 1 amide bonds. The number of unbranched alkanes of at least 4 members (excludes halogenated alkanes) is 1. The number of hydrogen-bond donors (Lipinski definition) is 1. The summed E-state index contributed by atoms with van der Waals surface area (Å²) in [5, 5.41) is 2.78. The van der Waals surface area contributed by atoms with Gasteiger partial charge in [0.25, 0.3) is 5.91 Å². The number of imidazole rings is 1. The third-order valence-electron chi connectivity index (χ3n) is 3.89. The highest BCUT2D eigenvalue weighted by Gasteiger charge is 2.10. The van der Waals surface area contributed by atoms with Gasteiger partial charge < -0.3 is 10.1 Å². The maximum absolute atomic E-state index is 12.3. The van der Waals surface area contributed by atoms with Gasteiger partial charge in [-0.15, -0.1) is 0 Å². The van der Waals surface area contributed by atoms with E-state index in [1.54, 1.807) is 59.7 Å². The van der Waals surface area contributed by atoms with Gasteiger partial charge >= 0.3 is 5.97 Å². The Bertz CT molecular complexity index is 888. The maximum Gasteiger partial charge on any atom is 0.338 e. The summed E-state index contributed by atoms with van der Waals surface area (Å²) in [7, 11) is 0. The lowest BCUT2D eigenvalue weighted by atomic mass is 10.2. The SMILES string of the molecule is CCCCOC(=O)c1ccc(NC(=O)c2ccc(-n3ccnc3)nc2)cc1. The van der Waals surface area contributed by atoms with E-state index in [-0.39, 0.29) is 11.9 Å². The minimum absolute atomic E-state index is 0.280. The van der Waals surface area contributed by atoms with E-state index in [1.165, 1.54) is 6.20 Å². The van der Waals surface area contributed by atoms with Gasteiger partial charge in [0.05, 0.1) is 17.7 Å². The van der Waals surface area contributed by atoms with E-state index in [0.717, 1.165) is 12.8 Å². The fourth-order valence-corrected chi connectivity index (χ4v) is 2.35. The summed E-state index contributed by atoms with van der Waals surface area (Å²) in [6.45, 7) is 2.45. The van der Waals surface area contributed by atoms with Crippen LogP contribution in [-0.2, 0) is 4.74 Å². The zero-order valence-electron chi connectivity index (χ0n) is 15.0. The van der Waals surface area contributed by atoms with E-state index in [9.17, 15) is 9.59 Å². The van der Waals surface area contributed by atoms with Crippen molar-refractivity contribution >= 4 is 17.6 Å². The number of carbonyl (C=O) groups is 2. The Hall–Kier alpha value is -3.48. The molecule has 7 heteroatoms. The summed E-state index contributed by atoms with van der Waals surface area (Å²) >= 11 is 0. The Morgan fingerprint density at radius 1 is 1.11 bits per heavy atom. The van der Waals surface area contributed by atoms with E-state index in [1.807, 2.05) is 6.92 Å². The van der Waals surface area contributed by atoms with Crippen LogP contribution in [0.1, 0.15) is 40.5 Å². The molecule has 0 saturated heterocycles. The molecule has 3 rings (SSSR count). The van der Waals surface area contributed by atoms with Crippen LogP contribution in [0.3, 0.4) is 0 Å². The van der Waals surface area contributed by atoms with Gasteiger partial charge in [0.1, 0.15) is 12.1 Å². The van der Waals surface area contributed by atoms with E-state index < -0.39 is 0 Å². The highest BCUT2D eigenvalue weighted by Crippen LogP contribution is 2.13. The van der Waals surface area contributed by atoms with Crippen LogP contribution in [0.15, 0.2) is 61.3 Å². The number of nitrogens with one attached hydrogen (secondary N) is 1. The molecule has 7 nitrogen and oxygen atoms in total. The second kappa shape index (κ2) is 8.75. The van der Waals surface area contributed by atoms with Gasteiger partial charge in [-0.05, 0) is 42.8 Å². The van der Waals surface area contributed by atoms with Crippen LogP contribution in [0.4, 0.5) is 5.69 Å². The summed E-state index contributed by atoms with van der Waals surface area (Å²) in [5.74, 6) is 0.0357. The minimum Gasteiger partial charge on any atom is -0.462 e. The minimum atomic E-state index is -0.361. The van der Waals surface area contributed by atoms with Crippen molar-refractivity contribution in [3.63, 3.8) is 0 Å². The molecule has 138 valence electrons. The second-order valence-electron chi connectivity index (χ2n) is 5.90. The second-order valence-corrected chi connectivity index (χ2v) is 5.90. The molecule has 1 aromatic carbocycles. The van der Waals surface area contributed by atoms with Crippen LogP contribution in [-0.4, -0.2) is 33.0 Å². The van der Waals surface area contributed by atoms with Crippen molar-refractivity contribution in [2.75, 3.05) is 11.9 Å². The van der Waals surface area contributed by atoms with Crippen LogP contribution in [0.2, 0.25) is 0 Å². The number of rotatable bonds is 7. The summed E-state index contributed by atoms with van der Waals surface area (Å²) < 4.78 is 6.91. The highest BCUT2D eigenvalue weighted by molar-refractivity contribution is 6.04. The average molecular weight is 364 g/mol. The van der Waals surface area contributed by atoms with Crippen molar-refractivity contribution in [2.24, 2.45) is 0 Å². The lowest BCUT2D eigenvalue weighted by molar-refractivity contribution is 0.0499. The van der Waals surface area contributed by atoms with Crippen molar-refractivity contribution in [1.29, 1.82) is 0 Å². The number of anilines is 1. The van der Waals surface area contributed by atoms with Crippen molar-refractivity contribution in [2.45, 2.75) is 19.8 Å². The van der Waals surface area contributed by atoms with E-state index in [2.05, 4.69) is 15.3 Å². The zero-order valence-corrected chi connectivity index (χ0v) is 15.0. The molecule has 0 unspecified atom stereocenters. The quantitative estimate of drug-likeness (QED) is 0.512. The molecule has 0 aliphatic rings. The monoisotopic (exact) mass is 364 g/mol. The summed E-state index contributed by atoms with van der Waals surface area (Å²) in [6.07, 6.45) is 8.38. The molecular formula is C20H20N4O3. The molecule has 0 aliphatic heterocycles. The van der Waals surface area contributed by atoms with Gasteiger partial charge in [-0.2, -0.15) is 0 Å². The van der Waals surface area contributed by atoms with E-state index in [0.29, 0.717) is 29.2 Å². The zero-order chi connectivity index (χ0) is 19.1. The van der Waals surface area contributed by atoms with Crippen molar-refractivity contribution < 1.29 is 14.3 Å². The smallest absolute Gasteiger partial charge is 0.338 e. The first-order valence-corrected chi connectivity index (χ1v) is 8.70. The molecule has 0 radical (unpaired) electrons. The third-order valence-corrected chi connectivity index (χ3v) is 3.89. The van der Waals surface area contributed by atoms with Crippen LogP contribution >= 0.6 is 0 Å². The van der Waals surface area contributed by atoms with Crippen LogP contribution in [0, 0.1) is 0 Å². The summed E-state index contributed by atoms with van der Waals surface area (Å²) in [5.41, 5.74) is 1.47. The number of esters is 1. The predicted octanol–water partition coefficient (Wildman–Crippen LogP) is 3.48. The third kappa shape index (κ3) is 4.78. The lowest BCUT2D eigenvalue weighted by Gasteiger charge is -2.08. The molecule has 0 saturated carbocycles. The number of benzene rings is 1. The number of aromatic nitrogens is 3. The van der Waals surface area contributed by atoms with Crippen molar-refractivity contribution in [1.82, 2.24) is 14.5 Å². The number of nitrogens with zero attached hydrogens (tertiary/aromatic N) is 3. The van der Waals surface area contributed by atoms with Gasteiger partial charge in [0.15, 0.2) is 0 Å². The Balaban J connectivity index is 1.60. The molecule has 2 aromatic heterocycles. The lowest BCUT2D eigenvalue weighted by Crippen LogP contribution is -2.13. The molecule has 27 heavy (non-hydrogen) atoms. The first-order valence-electron chi connectivity index (χ1n) is 8.70. The Kier molecular flexibility index (Phi) is 5.94. The first-order chi connectivity index (χ1) is 13.2. The Morgan fingerprint density at radius 2 is 1.89 bits per heavy atom. The highest BCUT2D eigenvalue weighted by atomic mass is 16.5. The van der Waals surface area contributed by atoms with Gasteiger partial charge in [0.2, 0.25) is 0 Å². The molecule has 3 aromatic rings. The van der Waals surface area contributed by atoms with Gasteiger partial charge in [-0.25, -0.2) is 14.8 Å². The van der Waals surface area contributed by atoms with Gasteiger partial charge in [-0.1, -0.05) is 13.3 Å². The number of pyridine rings is 1. The normalized spacial score (nSPS) is 10.4.